The van der Waals surface area contributed by atoms with Crippen LogP contribution < -0.4 is 10.6 Å². The van der Waals surface area contributed by atoms with Gasteiger partial charge in [-0.25, -0.2) is 0 Å². The quantitative estimate of drug-likeness (QED) is 0.707. The number of hydrogen-bond donors (Lipinski definition) is 2. The highest BCUT2D eigenvalue weighted by Gasteiger charge is 2.08. The first-order chi connectivity index (χ1) is 10.2. The van der Waals surface area contributed by atoms with E-state index >= 15 is 0 Å². The van der Waals surface area contributed by atoms with Crippen LogP contribution in [0.3, 0.4) is 0 Å². The lowest BCUT2D eigenvalue weighted by Crippen LogP contribution is -2.13. The van der Waals surface area contributed by atoms with E-state index in [-0.39, 0.29) is 5.91 Å². The molecule has 0 saturated heterocycles. The van der Waals surface area contributed by atoms with Gasteiger partial charge in [0.25, 0.3) is 0 Å². The van der Waals surface area contributed by atoms with E-state index in [2.05, 4.69) is 43.7 Å². The van der Waals surface area contributed by atoms with Crippen LogP contribution in [0.5, 0.6) is 0 Å². The number of halogens is 1. The third kappa shape index (κ3) is 5.64. The summed E-state index contributed by atoms with van der Waals surface area (Å²) >= 11 is 6.22. The second-order valence-electron chi connectivity index (χ2n) is 4.15. The number of nitrogens with zero attached hydrogens (tertiary/aromatic N) is 2. The van der Waals surface area contributed by atoms with E-state index < -0.39 is 0 Å². The Labute approximate surface area is 140 Å². The van der Waals surface area contributed by atoms with Crippen molar-refractivity contribution < 1.29 is 4.79 Å². The average Bonchev–Trinajstić information content (AvgIpc) is 2.91. The van der Waals surface area contributed by atoms with Crippen LogP contribution in [0.4, 0.5) is 10.8 Å². The standard InChI is InChI=1S/C13H15BrN4OS2/c1-2-6-15-12-17-18-13(21-12)20-8-11(19)16-10-5-3-4-9(14)7-10/h3-5,7H,2,6,8H2,1H3,(H,15,17)(H,16,19). The monoisotopic (exact) mass is 386 g/mol. The molecule has 5 nitrogen and oxygen atoms in total. The summed E-state index contributed by atoms with van der Waals surface area (Å²) in [6.45, 7) is 2.97. The van der Waals surface area contributed by atoms with E-state index in [0.29, 0.717) is 5.75 Å². The summed E-state index contributed by atoms with van der Waals surface area (Å²) in [5.41, 5.74) is 0.776. The topological polar surface area (TPSA) is 66.9 Å². The Morgan fingerprint density at radius 1 is 1.43 bits per heavy atom. The largest absolute Gasteiger partial charge is 0.360 e. The van der Waals surface area contributed by atoms with E-state index in [1.54, 1.807) is 0 Å². The molecule has 112 valence electrons. The highest BCUT2D eigenvalue weighted by molar-refractivity contribution is 9.10. The van der Waals surface area contributed by atoms with E-state index in [0.717, 1.165) is 32.6 Å². The number of thioether (sulfide) groups is 1. The van der Waals surface area contributed by atoms with Crippen molar-refractivity contribution in [3.8, 4) is 0 Å². The fourth-order valence-electron chi connectivity index (χ4n) is 1.46. The summed E-state index contributed by atoms with van der Waals surface area (Å²) in [5.74, 6) is 0.255. The lowest BCUT2D eigenvalue weighted by atomic mass is 10.3. The molecule has 0 atom stereocenters. The van der Waals surface area contributed by atoms with Crippen molar-refractivity contribution in [3.63, 3.8) is 0 Å². The van der Waals surface area contributed by atoms with Crippen LogP contribution in [0.25, 0.3) is 0 Å². The summed E-state index contributed by atoms with van der Waals surface area (Å²) in [4.78, 5) is 11.9. The zero-order chi connectivity index (χ0) is 15.1. The first-order valence-electron chi connectivity index (χ1n) is 6.43. The fraction of sp³-hybridized carbons (Fsp3) is 0.308. The molecule has 0 saturated carbocycles. The van der Waals surface area contributed by atoms with Gasteiger partial charge in [0.1, 0.15) is 0 Å². The molecule has 1 amide bonds. The fourth-order valence-corrected chi connectivity index (χ4v) is 3.44. The molecule has 0 aliphatic carbocycles. The first kappa shape index (κ1) is 16.3. The van der Waals surface area contributed by atoms with Gasteiger partial charge in [0.15, 0.2) is 4.34 Å². The van der Waals surface area contributed by atoms with Crippen LogP contribution in [-0.4, -0.2) is 28.4 Å². The Morgan fingerprint density at radius 2 is 2.29 bits per heavy atom. The predicted molar refractivity (Wildman–Crippen MR) is 92.2 cm³/mol. The lowest BCUT2D eigenvalue weighted by Gasteiger charge is -2.04. The number of carbonyl (C=O) groups excluding carboxylic acids is 1. The van der Waals surface area contributed by atoms with Gasteiger partial charge in [0, 0.05) is 16.7 Å². The van der Waals surface area contributed by atoms with Gasteiger partial charge in [-0.15, -0.1) is 10.2 Å². The molecule has 1 aromatic heterocycles. The molecule has 2 rings (SSSR count). The number of aromatic nitrogens is 2. The van der Waals surface area contributed by atoms with Gasteiger partial charge in [0.2, 0.25) is 11.0 Å². The molecule has 0 radical (unpaired) electrons. The minimum absolute atomic E-state index is 0.0589. The van der Waals surface area contributed by atoms with Gasteiger partial charge in [-0.05, 0) is 24.6 Å². The number of benzene rings is 1. The minimum Gasteiger partial charge on any atom is -0.360 e. The Hall–Kier alpha value is -1.12. The van der Waals surface area contributed by atoms with Crippen molar-refractivity contribution in [3.05, 3.63) is 28.7 Å². The molecule has 1 heterocycles. The van der Waals surface area contributed by atoms with E-state index in [4.69, 9.17) is 0 Å². The second kappa shape index (κ2) is 8.35. The number of rotatable bonds is 7. The van der Waals surface area contributed by atoms with Crippen molar-refractivity contribution in [1.82, 2.24) is 10.2 Å². The van der Waals surface area contributed by atoms with Crippen LogP contribution in [0.15, 0.2) is 33.1 Å². The Balaban J connectivity index is 1.79. The van der Waals surface area contributed by atoms with Crippen molar-refractivity contribution in [2.75, 3.05) is 22.9 Å². The van der Waals surface area contributed by atoms with E-state index in [1.807, 2.05) is 24.3 Å². The minimum atomic E-state index is -0.0589. The summed E-state index contributed by atoms with van der Waals surface area (Å²) in [7, 11) is 0. The number of anilines is 2. The van der Waals surface area contributed by atoms with Crippen molar-refractivity contribution in [2.45, 2.75) is 17.7 Å². The molecule has 0 bridgehead atoms. The highest BCUT2D eigenvalue weighted by atomic mass is 79.9. The molecular formula is C13H15BrN4OS2. The molecule has 2 aromatic rings. The zero-order valence-electron chi connectivity index (χ0n) is 11.4. The molecule has 21 heavy (non-hydrogen) atoms. The Bertz CT molecular complexity index is 605. The van der Waals surface area contributed by atoms with Crippen LogP contribution >= 0.6 is 39.0 Å². The normalized spacial score (nSPS) is 10.4. The van der Waals surface area contributed by atoms with E-state index in [9.17, 15) is 4.79 Å². The van der Waals surface area contributed by atoms with Crippen LogP contribution in [0.1, 0.15) is 13.3 Å². The molecule has 0 unspecified atom stereocenters. The maximum Gasteiger partial charge on any atom is 0.234 e. The Morgan fingerprint density at radius 3 is 3.05 bits per heavy atom. The molecule has 0 aliphatic heterocycles. The third-order valence-corrected chi connectivity index (χ3v) is 4.88. The molecule has 0 fully saturated rings. The first-order valence-corrected chi connectivity index (χ1v) is 9.02. The zero-order valence-corrected chi connectivity index (χ0v) is 14.6. The lowest BCUT2D eigenvalue weighted by molar-refractivity contribution is -0.113. The molecule has 0 aliphatic rings. The van der Waals surface area contributed by atoms with Crippen molar-refractivity contribution >= 4 is 55.8 Å². The number of carbonyl (C=O) groups is 1. The smallest absolute Gasteiger partial charge is 0.234 e. The molecular weight excluding hydrogens is 372 g/mol. The van der Waals surface area contributed by atoms with Gasteiger partial charge in [-0.2, -0.15) is 0 Å². The van der Waals surface area contributed by atoms with Crippen LogP contribution in [0, 0.1) is 0 Å². The van der Waals surface area contributed by atoms with Crippen molar-refractivity contribution in [2.24, 2.45) is 0 Å². The molecule has 0 spiro atoms. The van der Waals surface area contributed by atoms with Gasteiger partial charge in [-0.1, -0.05) is 52.0 Å². The molecule has 2 N–H and O–H groups in total. The van der Waals surface area contributed by atoms with Crippen molar-refractivity contribution in [1.29, 1.82) is 0 Å². The van der Waals surface area contributed by atoms with Crippen LogP contribution in [0.2, 0.25) is 0 Å². The molecule has 8 heteroatoms. The Kier molecular flexibility index (Phi) is 6.47. The summed E-state index contributed by atoms with van der Waals surface area (Å²) in [6.07, 6.45) is 1.04. The number of hydrogen-bond acceptors (Lipinski definition) is 6. The SMILES string of the molecule is CCCNc1nnc(SCC(=O)Nc2cccc(Br)c2)s1. The summed E-state index contributed by atoms with van der Waals surface area (Å²) in [5, 5.41) is 14.9. The van der Waals surface area contributed by atoms with Gasteiger partial charge in [-0.3, -0.25) is 4.79 Å². The summed E-state index contributed by atoms with van der Waals surface area (Å²) in [6, 6.07) is 7.51. The predicted octanol–water partition coefficient (Wildman–Crippen LogP) is 3.85. The van der Waals surface area contributed by atoms with Crippen LogP contribution in [-0.2, 0) is 4.79 Å². The third-order valence-electron chi connectivity index (χ3n) is 2.37. The maximum atomic E-state index is 11.9. The van der Waals surface area contributed by atoms with Gasteiger partial charge < -0.3 is 10.6 Å². The average molecular weight is 387 g/mol. The number of nitrogens with one attached hydrogen (secondary N) is 2. The summed E-state index contributed by atoms with van der Waals surface area (Å²) < 4.78 is 1.72. The highest BCUT2D eigenvalue weighted by Crippen LogP contribution is 2.25. The second-order valence-corrected chi connectivity index (χ2v) is 7.26. The van der Waals surface area contributed by atoms with E-state index in [1.165, 1.54) is 23.1 Å². The number of amides is 1. The van der Waals surface area contributed by atoms with Gasteiger partial charge >= 0.3 is 0 Å². The maximum absolute atomic E-state index is 11.9. The van der Waals surface area contributed by atoms with Gasteiger partial charge in [0.05, 0.1) is 5.75 Å². The molecule has 1 aromatic carbocycles.